The highest BCUT2D eigenvalue weighted by molar-refractivity contribution is 9.10. The predicted molar refractivity (Wildman–Crippen MR) is 112 cm³/mol. The molecule has 0 radical (unpaired) electrons. The molecular formula is C22H18BrN3O3. The van der Waals surface area contributed by atoms with Crippen LogP contribution >= 0.6 is 15.9 Å². The maximum absolute atomic E-state index is 12.3. The van der Waals surface area contributed by atoms with Gasteiger partial charge in [0, 0.05) is 17.2 Å². The van der Waals surface area contributed by atoms with Gasteiger partial charge in [-0.15, -0.1) is 0 Å². The van der Waals surface area contributed by atoms with Crippen molar-refractivity contribution in [1.29, 1.82) is 0 Å². The van der Waals surface area contributed by atoms with Crippen molar-refractivity contribution < 1.29 is 13.9 Å². The Morgan fingerprint density at radius 3 is 2.72 bits per heavy atom. The topological polar surface area (TPSA) is 80.2 Å². The van der Waals surface area contributed by atoms with Gasteiger partial charge in [-0.1, -0.05) is 46.3 Å². The molecule has 4 rings (SSSR count). The molecular weight excluding hydrogens is 434 g/mol. The van der Waals surface area contributed by atoms with E-state index >= 15 is 0 Å². The van der Waals surface area contributed by atoms with Gasteiger partial charge in [0.25, 0.3) is 5.91 Å². The van der Waals surface area contributed by atoms with Crippen LogP contribution in [-0.4, -0.2) is 16.1 Å². The van der Waals surface area contributed by atoms with Gasteiger partial charge in [0.05, 0.1) is 5.69 Å². The zero-order valence-electron chi connectivity index (χ0n) is 15.4. The van der Waals surface area contributed by atoms with E-state index < -0.39 is 0 Å². The van der Waals surface area contributed by atoms with Crippen LogP contribution in [0.4, 0.5) is 0 Å². The molecule has 0 spiro atoms. The van der Waals surface area contributed by atoms with Gasteiger partial charge in [0.2, 0.25) is 0 Å². The molecule has 6 nitrogen and oxygen atoms in total. The molecule has 2 heterocycles. The van der Waals surface area contributed by atoms with Crippen LogP contribution < -0.4 is 10.1 Å². The van der Waals surface area contributed by atoms with Crippen molar-refractivity contribution in [3.63, 3.8) is 0 Å². The number of aromatic nitrogens is 2. The molecule has 0 fully saturated rings. The Balaban J connectivity index is 1.30. The molecule has 0 unspecified atom stereocenters. The molecule has 2 N–H and O–H groups in total. The molecule has 4 aromatic rings. The third-order valence-corrected chi connectivity index (χ3v) is 4.77. The number of nitrogens with one attached hydrogen (secondary N) is 2. The summed E-state index contributed by atoms with van der Waals surface area (Å²) in [6.07, 6.45) is 1.71. The molecule has 0 bridgehead atoms. The number of halogens is 1. The van der Waals surface area contributed by atoms with Crippen LogP contribution in [0.2, 0.25) is 0 Å². The summed E-state index contributed by atoms with van der Waals surface area (Å²) in [6.45, 7) is 0.658. The van der Waals surface area contributed by atoms with Gasteiger partial charge in [0.15, 0.2) is 5.76 Å². The third kappa shape index (κ3) is 4.94. The minimum Gasteiger partial charge on any atom is -0.486 e. The Morgan fingerprint density at radius 2 is 1.97 bits per heavy atom. The number of rotatable bonds is 7. The lowest BCUT2D eigenvalue weighted by Gasteiger charge is -2.05. The van der Waals surface area contributed by atoms with Gasteiger partial charge in [-0.25, -0.2) is 0 Å². The number of furan rings is 1. The third-order valence-electron chi connectivity index (χ3n) is 4.28. The van der Waals surface area contributed by atoms with Gasteiger partial charge < -0.3 is 14.5 Å². The molecule has 1 amide bonds. The van der Waals surface area contributed by atoms with Crippen LogP contribution in [-0.2, 0) is 13.2 Å². The van der Waals surface area contributed by atoms with Crippen molar-refractivity contribution in [1.82, 2.24) is 15.5 Å². The molecule has 2 aromatic carbocycles. The predicted octanol–water partition coefficient (Wildman–Crippen LogP) is 4.94. The second-order valence-corrected chi connectivity index (χ2v) is 7.28. The van der Waals surface area contributed by atoms with Gasteiger partial charge in [-0.05, 0) is 47.5 Å². The van der Waals surface area contributed by atoms with Crippen LogP contribution in [0.5, 0.6) is 5.75 Å². The van der Waals surface area contributed by atoms with Crippen molar-refractivity contribution in [2.24, 2.45) is 0 Å². The SMILES string of the molecule is O=C(NCc1ccc(-c2ccn[nH]2)cc1)c1ccc(COc2cccc(Br)c2)o1. The normalized spacial score (nSPS) is 10.7. The largest absolute Gasteiger partial charge is 0.486 e. The summed E-state index contributed by atoms with van der Waals surface area (Å²) in [5.74, 6) is 1.29. The van der Waals surface area contributed by atoms with E-state index in [4.69, 9.17) is 9.15 Å². The monoisotopic (exact) mass is 451 g/mol. The molecule has 146 valence electrons. The number of carbonyl (C=O) groups is 1. The maximum Gasteiger partial charge on any atom is 0.287 e. The van der Waals surface area contributed by atoms with Crippen molar-refractivity contribution in [2.45, 2.75) is 13.2 Å². The fourth-order valence-corrected chi connectivity index (χ4v) is 3.16. The fourth-order valence-electron chi connectivity index (χ4n) is 2.78. The Bertz CT molecular complexity index is 1090. The zero-order chi connectivity index (χ0) is 20.1. The van der Waals surface area contributed by atoms with Crippen molar-refractivity contribution in [3.8, 4) is 17.0 Å². The number of ether oxygens (including phenoxy) is 1. The van der Waals surface area contributed by atoms with Gasteiger partial charge >= 0.3 is 0 Å². The summed E-state index contributed by atoms with van der Waals surface area (Å²) < 4.78 is 12.2. The Kier molecular flexibility index (Phi) is 5.76. The van der Waals surface area contributed by atoms with Crippen LogP contribution in [0.25, 0.3) is 11.3 Å². The highest BCUT2D eigenvalue weighted by Gasteiger charge is 2.11. The summed E-state index contributed by atoms with van der Waals surface area (Å²) in [4.78, 5) is 12.3. The number of benzene rings is 2. The molecule has 0 aliphatic rings. The summed E-state index contributed by atoms with van der Waals surface area (Å²) in [5.41, 5.74) is 2.99. The van der Waals surface area contributed by atoms with Crippen molar-refractivity contribution in [3.05, 3.63) is 94.5 Å². The minimum atomic E-state index is -0.267. The molecule has 29 heavy (non-hydrogen) atoms. The summed E-state index contributed by atoms with van der Waals surface area (Å²) in [5, 5.41) is 9.74. The lowest BCUT2D eigenvalue weighted by atomic mass is 10.1. The number of H-pyrrole nitrogens is 1. The molecule has 0 atom stereocenters. The van der Waals surface area contributed by atoms with Crippen LogP contribution in [0.15, 0.2) is 81.8 Å². The molecule has 7 heteroatoms. The minimum absolute atomic E-state index is 0.249. The summed E-state index contributed by atoms with van der Waals surface area (Å²) in [6, 6.07) is 20.8. The Morgan fingerprint density at radius 1 is 1.10 bits per heavy atom. The first kappa shape index (κ1) is 19.0. The first-order chi connectivity index (χ1) is 14.2. The standard InChI is InChI=1S/C22H18BrN3O3/c23-17-2-1-3-18(12-17)28-14-19-8-9-21(29-19)22(27)24-13-15-4-6-16(7-5-15)20-10-11-25-26-20/h1-12H,13-14H2,(H,24,27)(H,25,26). The molecule has 0 saturated heterocycles. The second kappa shape index (κ2) is 8.79. The van der Waals surface area contributed by atoms with Crippen LogP contribution in [0.1, 0.15) is 21.9 Å². The van der Waals surface area contributed by atoms with E-state index in [0.717, 1.165) is 27.0 Å². The maximum atomic E-state index is 12.3. The van der Waals surface area contributed by atoms with E-state index in [-0.39, 0.29) is 18.3 Å². The van der Waals surface area contributed by atoms with Crippen molar-refractivity contribution in [2.75, 3.05) is 0 Å². The van der Waals surface area contributed by atoms with E-state index in [1.807, 2.05) is 54.6 Å². The van der Waals surface area contributed by atoms with Crippen molar-refractivity contribution >= 4 is 21.8 Å². The zero-order valence-corrected chi connectivity index (χ0v) is 17.0. The average Bonchev–Trinajstić information content (AvgIpc) is 3.43. The second-order valence-electron chi connectivity index (χ2n) is 6.36. The van der Waals surface area contributed by atoms with Gasteiger partial charge in [-0.2, -0.15) is 5.10 Å². The van der Waals surface area contributed by atoms with E-state index in [2.05, 4.69) is 31.4 Å². The average molecular weight is 452 g/mol. The number of hydrogen-bond donors (Lipinski definition) is 2. The summed E-state index contributed by atoms with van der Waals surface area (Å²) >= 11 is 3.40. The Labute approximate surface area is 176 Å². The van der Waals surface area contributed by atoms with E-state index in [9.17, 15) is 4.79 Å². The smallest absolute Gasteiger partial charge is 0.287 e. The molecule has 2 aromatic heterocycles. The number of amides is 1. The highest BCUT2D eigenvalue weighted by Crippen LogP contribution is 2.20. The van der Waals surface area contributed by atoms with Crippen LogP contribution in [0, 0.1) is 0 Å². The molecule has 0 aliphatic heterocycles. The van der Waals surface area contributed by atoms with E-state index in [1.54, 1.807) is 18.3 Å². The van der Waals surface area contributed by atoms with E-state index in [0.29, 0.717) is 12.3 Å². The molecule has 0 saturated carbocycles. The Hall–Kier alpha value is -3.32. The lowest BCUT2D eigenvalue weighted by Crippen LogP contribution is -2.22. The first-order valence-electron chi connectivity index (χ1n) is 9.01. The number of hydrogen-bond acceptors (Lipinski definition) is 4. The van der Waals surface area contributed by atoms with Gasteiger partial charge in [-0.3, -0.25) is 9.89 Å². The van der Waals surface area contributed by atoms with E-state index in [1.165, 1.54) is 0 Å². The quantitative estimate of drug-likeness (QED) is 0.416. The summed E-state index contributed by atoms with van der Waals surface area (Å²) in [7, 11) is 0. The van der Waals surface area contributed by atoms with Crippen LogP contribution in [0.3, 0.4) is 0 Å². The number of nitrogens with zero attached hydrogens (tertiary/aromatic N) is 1. The van der Waals surface area contributed by atoms with Gasteiger partial charge in [0.1, 0.15) is 18.1 Å². The molecule has 0 aliphatic carbocycles. The highest BCUT2D eigenvalue weighted by atomic mass is 79.9. The lowest BCUT2D eigenvalue weighted by molar-refractivity contribution is 0.0919. The first-order valence-corrected chi connectivity index (χ1v) is 9.81. The number of aromatic amines is 1. The number of carbonyl (C=O) groups excluding carboxylic acids is 1. The fraction of sp³-hybridized carbons (Fsp3) is 0.0909.